The molecule has 0 spiro atoms. The number of benzene rings is 2. The maximum atomic E-state index is 13.1. The zero-order chi connectivity index (χ0) is 21.9. The molecule has 0 bridgehead atoms. The average molecular weight is 439 g/mol. The van der Waals surface area contributed by atoms with Crippen molar-refractivity contribution in [3.8, 4) is 5.75 Å². The van der Waals surface area contributed by atoms with Crippen LogP contribution in [0.1, 0.15) is 11.7 Å². The number of nitrogens with two attached hydrogens (primary N) is 1. The van der Waals surface area contributed by atoms with Crippen molar-refractivity contribution in [2.75, 3.05) is 26.3 Å². The number of morpholine rings is 1. The van der Waals surface area contributed by atoms with Crippen molar-refractivity contribution in [3.63, 3.8) is 0 Å². The second kappa shape index (κ2) is 8.73. The van der Waals surface area contributed by atoms with E-state index in [1.54, 1.807) is 12.1 Å². The topological polar surface area (TPSA) is 142 Å². The molecular weight excluding hydrogens is 421 g/mol. The Morgan fingerprint density at radius 2 is 2.00 bits per heavy atom. The third kappa shape index (κ3) is 5.09. The summed E-state index contributed by atoms with van der Waals surface area (Å²) in [4.78, 5) is 23.9. The number of nitro benzene ring substituents is 1. The number of hydrogen-bond acceptors (Lipinski definition) is 7. The van der Waals surface area contributed by atoms with E-state index in [0.29, 0.717) is 12.1 Å². The van der Waals surface area contributed by atoms with E-state index in [4.69, 9.17) is 14.6 Å². The summed E-state index contributed by atoms with van der Waals surface area (Å²) in [6, 6.07) is 8.64. The molecule has 1 aliphatic heterocycles. The average Bonchev–Trinajstić information content (AvgIpc) is 2.71. The van der Waals surface area contributed by atoms with Crippen LogP contribution in [-0.4, -0.2) is 50.5 Å². The highest BCUT2D eigenvalue weighted by Gasteiger charge is 2.27. The molecule has 12 heteroatoms. The molecule has 1 aliphatic rings. The Bertz CT molecular complexity index is 1060. The van der Waals surface area contributed by atoms with Crippen molar-refractivity contribution in [3.05, 3.63) is 64.0 Å². The Kier molecular flexibility index (Phi) is 6.29. The Morgan fingerprint density at radius 3 is 2.63 bits per heavy atom. The van der Waals surface area contributed by atoms with Gasteiger partial charge in [0, 0.05) is 12.6 Å². The number of ether oxygens (including phenoxy) is 2. The van der Waals surface area contributed by atoms with Gasteiger partial charge in [0.1, 0.15) is 11.9 Å². The van der Waals surface area contributed by atoms with Crippen LogP contribution >= 0.6 is 0 Å². The summed E-state index contributed by atoms with van der Waals surface area (Å²) in [6.45, 7) is 0.273. The predicted molar refractivity (Wildman–Crippen MR) is 102 cm³/mol. The first kappa shape index (κ1) is 21.6. The van der Waals surface area contributed by atoms with Gasteiger partial charge in [0.05, 0.1) is 23.0 Å². The fourth-order valence-corrected chi connectivity index (χ4v) is 3.46. The van der Waals surface area contributed by atoms with Crippen LogP contribution in [0.4, 0.5) is 10.1 Å². The molecule has 1 saturated heterocycles. The van der Waals surface area contributed by atoms with Crippen LogP contribution in [0.2, 0.25) is 0 Å². The second-order valence-electron chi connectivity index (χ2n) is 6.47. The molecule has 0 radical (unpaired) electrons. The number of nitrogens with zero attached hydrogens (tertiary/aromatic N) is 2. The van der Waals surface area contributed by atoms with Gasteiger partial charge in [-0.15, -0.1) is 0 Å². The lowest BCUT2D eigenvalue weighted by Crippen LogP contribution is -2.44. The van der Waals surface area contributed by atoms with Crippen LogP contribution in [0.3, 0.4) is 0 Å². The lowest BCUT2D eigenvalue weighted by Gasteiger charge is -2.33. The summed E-state index contributed by atoms with van der Waals surface area (Å²) in [6.07, 6.45) is -0.438. The molecular formula is C18H18FN3O7S. The molecule has 10 nitrogen and oxygen atoms in total. The fraction of sp³-hybridized carbons (Fsp3) is 0.278. The summed E-state index contributed by atoms with van der Waals surface area (Å²) in [5.74, 6) is -1.08. The second-order valence-corrected chi connectivity index (χ2v) is 8.03. The highest BCUT2D eigenvalue weighted by Crippen LogP contribution is 2.29. The molecule has 0 saturated carbocycles. The lowest BCUT2D eigenvalue weighted by atomic mass is 10.1. The van der Waals surface area contributed by atoms with Crippen molar-refractivity contribution in [1.29, 1.82) is 0 Å². The van der Waals surface area contributed by atoms with Gasteiger partial charge in [0.25, 0.3) is 5.91 Å². The summed E-state index contributed by atoms with van der Waals surface area (Å²) < 4.78 is 46.8. The molecule has 2 N–H and O–H groups in total. The maximum Gasteiger partial charge on any atom is 0.312 e. The quantitative estimate of drug-likeness (QED) is 0.529. The third-order valence-electron chi connectivity index (χ3n) is 4.47. The van der Waals surface area contributed by atoms with Crippen molar-refractivity contribution >= 4 is 21.6 Å². The van der Waals surface area contributed by atoms with Crippen LogP contribution in [0, 0.1) is 15.9 Å². The van der Waals surface area contributed by atoms with Gasteiger partial charge in [0.15, 0.2) is 12.4 Å². The minimum Gasteiger partial charge on any atom is -0.477 e. The van der Waals surface area contributed by atoms with Crippen LogP contribution in [-0.2, 0) is 19.6 Å². The highest BCUT2D eigenvalue weighted by atomic mass is 32.2. The minimum atomic E-state index is -4.13. The third-order valence-corrected chi connectivity index (χ3v) is 5.38. The van der Waals surface area contributed by atoms with Crippen molar-refractivity contribution in [2.45, 2.75) is 11.0 Å². The van der Waals surface area contributed by atoms with Crippen molar-refractivity contribution in [1.82, 2.24) is 4.90 Å². The van der Waals surface area contributed by atoms with E-state index >= 15 is 0 Å². The SMILES string of the molecule is NS(=O)(=O)c1ccc(OCC(=O)N2CCOC(c3ccc(F)cc3)C2)c([N+](=O)[O-])c1. The lowest BCUT2D eigenvalue weighted by molar-refractivity contribution is -0.386. The number of nitro groups is 1. The first-order chi connectivity index (χ1) is 14.1. The van der Waals surface area contributed by atoms with E-state index in [9.17, 15) is 27.7 Å². The van der Waals surface area contributed by atoms with E-state index in [0.717, 1.165) is 18.2 Å². The van der Waals surface area contributed by atoms with Crippen LogP contribution in [0.25, 0.3) is 0 Å². The van der Waals surface area contributed by atoms with Crippen molar-refractivity contribution in [2.24, 2.45) is 5.14 Å². The molecule has 30 heavy (non-hydrogen) atoms. The van der Waals surface area contributed by atoms with Crippen LogP contribution in [0.5, 0.6) is 5.75 Å². The summed E-state index contributed by atoms with van der Waals surface area (Å²) >= 11 is 0. The van der Waals surface area contributed by atoms with E-state index in [2.05, 4.69) is 0 Å². The number of carbonyl (C=O) groups excluding carboxylic acids is 1. The Morgan fingerprint density at radius 1 is 1.30 bits per heavy atom. The first-order valence-electron chi connectivity index (χ1n) is 8.74. The molecule has 160 valence electrons. The molecule has 2 aromatic carbocycles. The summed E-state index contributed by atoms with van der Waals surface area (Å²) in [7, 11) is -4.13. The number of hydrogen-bond donors (Lipinski definition) is 1. The van der Waals surface area contributed by atoms with Crippen LogP contribution in [0.15, 0.2) is 47.4 Å². The Labute approximate surface area is 171 Å². The Hall–Kier alpha value is -3.09. The molecule has 1 amide bonds. The molecule has 1 atom stereocenters. The standard InChI is InChI=1S/C18H18FN3O7S/c19-13-3-1-12(2-4-13)17-10-21(7-8-28-17)18(23)11-29-16-6-5-14(30(20,26)27)9-15(16)22(24)25/h1-6,9,17H,7-8,10-11H2,(H2,20,26,27). The van der Waals surface area contributed by atoms with E-state index in [-0.39, 0.29) is 24.7 Å². The monoisotopic (exact) mass is 439 g/mol. The molecule has 0 aliphatic carbocycles. The zero-order valence-electron chi connectivity index (χ0n) is 15.6. The minimum absolute atomic E-state index is 0.209. The van der Waals surface area contributed by atoms with Gasteiger partial charge in [-0.2, -0.15) is 0 Å². The molecule has 2 aromatic rings. The highest BCUT2D eigenvalue weighted by molar-refractivity contribution is 7.89. The molecule has 0 aromatic heterocycles. The van der Waals surface area contributed by atoms with Gasteiger partial charge in [0.2, 0.25) is 10.0 Å². The Balaban J connectivity index is 1.67. The molecule has 1 unspecified atom stereocenters. The molecule has 1 fully saturated rings. The maximum absolute atomic E-state index is 13.1. The number of primary sulfonamides is 1. The van der Waals surface area contributed by atoms with Gasteiger partial charge in [-0.05, 0) is 29.8 Å². The van der Waals surface area contributed by atoms with Gasteiger partial charge >= 0.3 is 5.69 Å². The summed E-state index contributed by atoms with van der Waals surface area (Å²) in [5.41, 5.74) is 0.0875. The van der Waals surface area contributed by atoms with Gasteiger partial charge in [-0.25, -0.2) is 17.9 Å². The number of carbonyl (C=O) groups is 1. The van der Waals surface area contributed by atoms with Gasteiger partial charge in [-0.3, -0.25) is 14.9 Å². The predicted octanol–water partition coefficient (Wildman–Crippen LogP) is 1.36. The number of rotatable bonds is 6. The summed E-state index contributed by atoms with van der Waals surface area (Å²) in [5, 5.41) is 16.2. The largest absolute Gasteiger partial charge is 0.477 e. The fourth-order valence-electron chi connectivity index (χ4n) is 2.92. The molecule has 3 rings (SSSR count). The number of amides is 1. The van der Waals surface area contributed by atoms with Gasteiger partial charge < -0.3 is 14.4 Å². The molecule has 1 heterocycles. The normalized spacial score (nSPS) is 16.9. The van der Waals surface area contributed by atoms with E-state index in [1.807, 2.05) is 0 Å². The zero-order valence-corrected chi connectivity index (χ0v) is 16.4. The number of sulfonamides is 1. The van der Waals surface area contributed by atoms with E-state index < -0.39 is 44.1 Å². The van der Waals surface area contributed by atoms with E-state index in [1.165, 1.54) is 17.0 Å². The van der Waals surface area contributed by atoms with Crippen molar-refractivity contribution < 1.29 is 32.0 Å². The smallest absolute Gasteiger partial charge is 0.312 e. The first-order valence-corrected chi connectivity index (χ1v) is 10.3. The van der Waals surface area contributed by atoms with Crippen LogP contribution < -0.4 is 9.88 Å². The van der Waals surface area contributed by atoms with Gasteiger partial charge in [-0.1, -0.05) is 12.1 Å². The number of halogens is 1.